The van der Waals surface area contributed by atoms with Crippen molar-refractivity contribution in [2.75, 3.05) is 4.90 Å². The number of furan rings is 1. The van der Waals surface area contributed by atoms with Gasteiger partial charge in [0, 0.05) is 55.2 Å². The molecule has 0 atom stereocenters. The van der Waals surface area contributed by atoms with E-state index in [0.717, 1.165) is 72.3 Å². The van der Waals surface area contributed by atoms with Crippen molar-refractivity contribution in [2.24, 2.45) is 0 Å². The summed E-state index contributed by atoms with van der Waals surface area (Å²) in [6.07, 6.45) is 0. The van der Waals surface area contributed by atoms with Gasteiger partial charge in [-0.25, -0.2) is 0 Å². The third-order valence-electron chi connectivity index (χ3n) is 13.4. The molecule has 0 aliphatic heterocycles. The Hall–Kier alpha value is -8.92. The van der Waals surface area contributed by atoms with E-state index in [2.05, 4.69) is 264 Å². The highest BCUT2D eigenvalue weighted by molar-refractivity contribution is 6.17. The van der Waals surface area contributed by atoms with Crippen LogP contribution in [0.5, 0.6) is 0 Å². The van der Waals surface area contributed by atoms with Crippen LogP contribution in [-0.4, -0.2) is 4.57 Å². The van der Waals surface area contributed by atoms with Gasteiger partial charge in [-0.3, -0.25) is 0 Å². The zero-order valence-corrected chi connectivity index (χ0v) is 36.6. The first kappa shape index (κ1) is 38.5. The molecule has 13 aromatic rings. The molecule has 0 fully saturated rings. The molecule has 13 rings (SSSR count). The van der Waals surface area contributed by atoms with E-state index in [4.69, 9.17) is 4.42 Å². The Morgan fingerprint density at radius 1 is 0.284 bits per heavy atom. The van der Waals surface area contributed by atoms with Gasteiger partial charge in [-0.15, -0.1) is 0 Å². The molecule has 11 aromatic carbocycles. The fraction of sp³-hybridized carbons (Fsp3) is 0. The summed E-state index contributed by atoms with van der Waals surface area (Å²) in [5.74, 6) is 0. The Bertz CT molecular complexity index is 3900. The number of rotatable bonds is 8. The van der Waals surface area contributed by atoms with Crippen LogP contribution in [0.3, 0.4) is 0 Å². The van der Waals surface area contributed by atoms with Crippen LogP contribution in [0.15, 0.2) is 259 Å². The maximum Gasteiger partial charge on any atom is 0.143 e. The molecule has 0 aliphatic rings. The average molecular weight is 855 g/mol. The minimum atomic E-state index is 0.896. The third kappa shape index (κ3) is 6.67. The summed E-state index contributed by atoms with van der Waals surface area (Å²) < 4.78 is 9.20. The standard InChI is InChI=1S/C64H42N2O/c1-2-13-43(14-3-1)44-27-29-45(30-28-44)46-31-36-51(37-32-46)65(53-18-11-17-50(42-53)56-23-12-24-59-60-40-35-48-15-4-5-20-55(48)63(60)67-64(56)59)52-38-33-47(34-39-52)49-16-10-19-54(41-49)66-61-25-8-6-21-57(61)58-22-7-9-26-62(58)66/h1-42H. The molecule has 3 nitrogen and oxygen atoms in total. The van der Waals surface area contributed by atoms with Gasteiger partial charge in [0.1, 0.15) is 11.2 Å². The molecule has 0 N–H and O–H groups in total. The average Bonchev–Trinajstić information content (AvgIpc) is 3.96. The zero-order valence-electron chi connectivity index (χ0n) is 36.6. The summed E-state index contributed by atoms with van der Waals surface area (Å²) in [5.41, 5.74) is 17.8. The summed E-state index contributed by atoms with van der Waals surface area (Å²) in [7, 11) is 0. The zero-order chi connectivity index (χ0) is 44.3. The number of hydrogen-bond acceptors (Lipinski definition) is 2. The van der Waals surface area contributed by atoms with Crippen LogP contribution in [0.2, 0.25) is 0 Å². The lowest BCUT2D eigenvalue weighted by Crippen LogP contribution is -2.10. The Morgan fingerprint density at radius 2 is 0.776 bits per heavy atom. The van der Waals surface area contributed by atoms with Crippen molar-refractivity contribution in [1.82, 2.24) is 4.57 Å². The predicted molar refractivity (Wildman–Crippen MR) is 282 cm³/mol. The van der Waals surface area contributed by atoms with E-state index in [9.17, 15) is 0 Å². The number of aromatic nitrogens is 1. The van der Waals surface area contributed by atoms with E-state index in [1.807, 2.05) is 0 Å². The smallest absolute Gasteiger partial charge is 0.143 e. The lowest BCUT2D eigenvalue weighted by molar-refractivity contribution is 0.674. The largest absolute Gasteiger partial charge is 0.455 e. The highest BCUT2D eigenvalue weighted by Crippen LogP contribution is 2.43. The maximum absolute atomic E-state index is 6.82. The molecule has 0 radical (unpaired) electrons. The number of hydrogen-bond donors (Lipinski definition) is 0. The van der Waals surface area contributed by atoms with E-state index < -0.39 is 0 Å². The summed E-state index contributed by atoms with van der Waals surface area (Å²) in [5, 5.41) is 7.06. The minimum Gasteiger partial charge on any atom is -0.455 e. The molecule has 314 valence electrons. The van der Waals surface area contributed by atoms with Crippen molar-refractivity contribution < 1.29 is 4.42 Å². The summed E-state index contributed by atoms with van der Waals surface area (Å²) in [4.78, 5) is 2.36. The van der Waals surface area contributed by atoms with Crippen LogP contribution in [0.25, 0.3) is 105 Å². The van der Waals surface area contributed by atoms with Crippen molar-refractivity contribution >= 4 is 71.6 Å². The monoisotopic (exact) mass is 854 g/mol. The molecule has 0 unspecified atom stereocenters. The van der Waals surface area contributed by atoms with E-state index in [1.54, 1.807) is 0 Å². The van der Waals surface area contributed by atoms with Crippen molar-refractivity contribution in [3.05, 3.63) is 255 Å². The summed E-state index contributed by atoms with van der Waals surface area (Å²) in [6, 6.07) is 91.8. The van der Waals surface area contributed by atoms with E-state index >= 15 is 0 Å². The predicted octanol–water partition coefficient (Wildman–Crippen LogP) is 18.0. The molecule has 0 bridgehead atoms. The van der Waals surface area contributed by atoms with Crippen LogP contribution in [0, 0.1) is 0 Å². The highest BCUT2D eigenvalue weighted by atomic mass is 16.3. The Kier molecular flexibility index (Phi) is 9.17. The van der Waals surface area contributed by atoms with Gasteiger partial charge >= 0.3 is 0 Å². The van der Waals surface area contributed by atoms with Crippen molar-refractivity contribution in [2.45, 2.75) is 0 Å². The van der Waals surface area contributed by atoms with Gasteiger partial charge in [-0.1, -0.05) is 188 Å². The third-order valence-corrected chi connectivity index (χ3v) is 13.4. The molecule has 0 amide bonds. The number of nitrogens with zero attached hydrogens (tertiary/aromatic N) is 2. The first-order valence-electron chi connectivity index (χ1n) is 22.9. The number of para-hydroxylation sites is 3. The lowest BCUT2D eigenvalue weighted by Gasteiger charge is -2.26. The summed E-state index contributed by atoms with van der Waals surface area (Å²) in [6.45, 7) is 0. The van der Waals surface area contributed by atoms with Crippen molar-refractivity contribution in [1.29, 1.82) is 0 Å². The van der Waals surface area contributed by atoms with Crippen LogP contribution in [0.1, 0.15) is 0 Å². The molecule has 0 saturated carbocycles. The molecular formula is C64H42N2O. The van der Waals surface area contributed by atoms with Crippen LogP contribution < -0.4 is 4.90 Å². The minimum absolute atomic E-state index is 0.896. The van der Waals surface area contributed by atoms with Gasteiger partial charge in [-0.2, -0.15) is 0 Å². The van der Waals surface area contributed by atoms with E-state index in [1.165, 1.54) is 49.4 Å². The van der Waals surface area contributed by atoms with Gasteiger partial charge in [0.2, 0.25) is 0 Å². The van der Waals surface area contributed by atoms with E-state index in [0.29, 0.717) is 0 Å². The molecule has 0 aliphatic carbocycles. The molecule has 2 heterocycles. The van der Waals surface area contributed by atoms with Gasteiger partial charge in [0.15, 0.2) is 0 Å². The molecule has 67 heavy (non-hydrogen) atoms. The van der Waals surface area contributed by atoms with Gasteiger partial charge in [-0.05, 0) is 111 Å². The van der Waals surface area contributed by atoms with Gasteiger partial charge in [0.25, 0.3) is 0 Å². The van der Waals surface area contributed by atoms with Crippen LogP contribution in [-0.2, 0) is 0 Å². The summed E-state index contributed by atoms with van der Waals surface area (Å²) >= 11 is 0. The molecular weight excluding hydrogens is 813 g/mol. The fourth-order valence-corrected chi connectivity index (χ4v) is 10.1. The first-order valence-corrected chi connectivity index (χ1v) is 22.9. The number of benzene rings is 11. The second kappa shape index (κ2) is 16.0. The topological polar surface area (TPSA) is 21.3 Å². The SMILES string of the molecule is c1ccc(-c2ccc(-c3ccc(N(c4ccc(-c5cccc(-n6c7ccccc7c7ccccc76)c5)cc4)c4cccc(-c5cccc6c5oc5c7ccccc7ccc65)c4)cc3)cc2)cc1. The van der Waals surface area contributed by atoms with Crippen LogP contribution in [0.4, 0.5) is 17.1 Å². The Morgan fingerprint density at radius 3 is 1.46 bits per heavy atom. The highest BCUT2D eigenvalue weighted by Gasteiger charge is 2.19. The normalized spacial score (nSPS) is 11.6. The van der Waals surface area contributed by atoms with Gasteiger partial charge < -0.3 is 13.9 Å². The fourth-order valence-electron chi connectivity index (χ4n) is 10.1. The van der Waals surface area contributed by atoms with Crippen molar-refractivity contribution in [3.8, 4) is 50.2 Å². The molecule has 3 heteroatoms. The molecule has 2 aromatic heterocycles. The molecule has 0 spiro atoms. The first-order chi connectivity index (χ1) is 33.2. The van der Waals surface area contributed by atoms with Gasteiger partial charge in [0.05, 0.1) is 11.0 Å². The number of anilines is 3. The number of fused-ring (bicyclic) bond motifs is 8. The van der Waals surface area contributed by atoms with Crippen LogP contribution >= 0.6 is 0 Å². The lowest BCUT2D eigenvalue weighted by atomic mass is 9.99. The quantitative estimate of drug-likeness (QED) is 0.152. The second-order valence-electron chi connectivity index (χ2n) is 17.3. The molecule has 0 saturated heterocycles. The maximum atomic E-state index is 6.82. The Balaban J connectivity index is 0.898. The Labute approximate surface area is 388 Å². The van der Waals surface area contributed by atoms with E-state index in [-0.39, 0.29) is 0 Å². The second-order valence-corrected chi connectivity index (χ2v) is 17.3. The van der Waals surface area contributed by atoms with Crippen molar-refractivity contribution in [3.63, 3.8) is 0 Å².